The summed E-state index contributed by atoms with van der Waals surface area (Å²) in [6.07, 6.45) is 5.01. The van der Waals surface area contributed by atoms with Gasteiger partial charge in [-0.05, 0) is 39.4 Å². The molecule has 0 bridgehead atoms. The minimum atomic E-state index is -2.10. The van der Waals surface area contributed by atoms with Gasteiger partial charge in [0, 0.05) is 12.6 Å². The Bertz CT molecular complexity index is 1350. The minimum absolute atomic E-state index is 0.140. The molecule has 41 heavy (non-hydrogen) atoms. The summed E-state index contributed by atoms with van der Waals surface area (Å²) in [5.41, 5.74) is 1.15. The van der Waals surface area contributed by atoms with Crippen molar-refractivity contribution in [1.82, 2.24) is 30.5 Å². The van der Waals surface area contributed by atoms with Crippen LogP contribution in [0.4, 0.5) is 16.4 Å². The SMILES string of the molecule is COc1cncc(OC[C@H](CNC(=O)OC(C)(C)C)O[Si](C)(C)C(C)C)c1-c1cc(Nc2cnc(C#N)cn2)n[nH]1. The monoisotopic (exact) mass is 582 g/mol. The number of aromatic nitrogens is 5. The van der Waals surface area contributed by atoms with E-state index in [1.807, 2.05) is 26.8 Å². The Labute approximate surface area is 241 Å². The van der Waals surface area contributed by atoms with Gasteiger partial charge >= 0.3 is 6.09 Å². The smallest absolute Gasteiger partial charge is 0.407 e. The van der Waals surface area contributed by atoms with Gasteiger partial charge in [-0.2, -0.15) is 10.4 Å². The van der Waals surface area contributed by atoms with Gasteiger partial charge in [-0.15, -0.1) is 0 Å². The molecule has 0 aliphatic carbocycles. The van der Waals surface area contributed by atoms with Crippen molar-refractivity contribution in [3.05, 3.63) is 36.5 Å². The quantitative estimate of drug-likeness (QED) is 0.251. The van der Waals surface area contributed by atoms with Crippen LogP contribution in [-0.4, -0.2) is 71.5 Å². The van der Waals surface area contributed by atoms with E-state index in [4.69, 9.17) is 23.9 Å². The number of methoxy groups -OCH3 is 1. The van der Waals surface area contributed by atoms with Crippen molar-refractivity contribution in [1.29, 1.82) is 5.26 Å². The predicted molar refractivity (Wildman–Crippen MR) is 156 cm³/mol. The zero-order valence-electron chi connectivity index (χ0n) is 24.7. The van der Waals surface area contributed by atoms with Crippen LogP contribution in [0.3, 0.4) is 0 Å². The van der Waals surface area contributed by atoms with Crippen molar-refractivity contribution in [3.63, 3.8) is 0 Å². The normalized spacial score (nSPS) is 12.4. The first-order valence-corrected chi connectivity index (χ1v) is 16.1. The van der Waals surface area contributed by atoms with Crippen molar-refractivity contribution < 1.29 is 23.4 Å². The molecule has 0 radical (unpaired) electrons. The van der Waals surface area contributed by atoms with Gasteiger partial charge in [0.15, 0.2) is 25.6 Å². The average molecular weight is 583 g/mol. The number of anilines is 2. The standard InChI is InChI=1S/C27H38N8O5Si/c1-17(2)41(7,8)40-19(12-32-26(36)39-27(3,4)5)16-38-22-14-29-13-21(37-6)25(22)20-9-23(35-34-20)33-24-15-30-18(10-28)11-31-24/h9,11,13-15,17,19H,12,16H2,1-8H3,(H,32,36)(H2,31,33,34,35)/t19-/m0/s1. The maximum absolute atomic E-state index is 12.3. The van der Waals surface area contributed by atoms with Crippen LogP contribution in [0.15, 0.2) is 30.9 Å². The van der Waals surface area contributed by atoms with Gasteiger partial charge in [0.05, 0.1) is 49.3 Å². The van der Waals surface area contributed by atoms with Gasteiger partial charge in [0.1, 0.15) is 29.8 Å². The number of hydrogen-bond acceptors (Lipinski definition) is 11. The van der Waals surface area contributed by atoms with Crippen LogP contribution < -0.4 is 20.1 Å². The molecule has 1 atom stereocenters. The molecule has 3 heterocycles. The Kier molecular flexibility index (Phi) is 10.2. The lowest BCUT2D eigenvalue weighted by Gasteiger charge is -2.32. The maximum Gasteiger partial charge on any atom is 0.407 e. The lowest BCUT2D eigenvalue weighted by molar-refractivity contribution is 0.0475. The van der Waals surface area contributed by atoms with E-state index in [1.54, 1.807) is 25.6 Å². The van der Waals surface area contributed by atoms with Crippen molar-refractivity contribution in [2.24, 2.45) is 0 Å². The third kappa shape index (κ3) is 9.15. The highest BCUT2D eigenvalue weighted by atomic mass is 28.4. The first-order chi connectivity index (χ1) is 19.3. The highest BCUT2D eigenvalue weighted by Crippen LogP contribution is 2.37. The second-order valence-electron chi connectivity index (χ2n) is 11.1. The largest absolute Gasteiger partial charge is 0.494 e. The molecule has 0 aliphatic rings. The van der Waals surface area contributed by atoms with Crippen LogP contribution in [0.1, 0.15) is 40.3 Å². The molecule has 0 unspecified atom stereocenters. The van der Waals surface area contributed by atoms with Crippen molar-refractivity contribution in [2.75, 3.05) is 25.6 Å². The third-order valence-corrected chi connectivity index (χ3v) is 9.85. The molecule has 3 rings (SSSR count). The summed E-state index contributed by atoms with van der Waals surface area (Å²) in [6, 6.07) is 3.69. The molecule has 0 aliphatic heterocycles. The van der Waals surface area contributed by atoms with E-state index in [0.717, 1.165) is 0 Å². The first kappa shape index (κ1) is 31.3. The number of pyridine rings is 1. The highest BCUT2D eigenvalue weighted by molar-refractivity contribution is 6.72. The number of carbonyl (C=O) groups excluding carboxylic acids is 1. The topological polar surface area (TPSA) is 169 Å². The van der Waals surface area contributed by atoms with Gasteiger partial charge in [0.2, 0.25) is 0 Å². The van der Waals surface area contributed by atoms with Gasteiger partial charge in [-0.3, -0.25) is 10.1 Å². The Hall–Kier alpha value is -4.22. The maximum atomic E-state index is 12.3. The molecular formula is C27H38N8O5Si. The van der Waals surface area contributed by atoms with Crippen LogP contribution in [0.5, 0.6) is 11.5 Å². The molecule has 1 amide bonds. The fraction of sp³-hybridized carbons (Fsp3) is 0.481. The zero-order chi connectivity index (χ0) is 30.2. The molecule has 220 valence electrons. The number of aromatic amines is 1. The number of H-pyrrole nitrogens is 1. The van der Waals surface area contributed by atoms with E-state index in [2.05, 4.69) is 62.7 Å². The van der Waals surface area contributed by atoms with E-state index in [1.165, 1.54) is 12.4 Å². The minimum Gasteiger partial charge on any atom is -0.494 e. The fourth-order valence-electron chi connectivity index (χ4n) is 3.44. The number of carbonyl (C=O) groups is 1. The average Bonchev–Trinajstić information content (AvgIpc) is 3.37. The second-order valence-corrected chi connectivity index (χ2v) is 15.7. The molecule has 14 heteroatoms. The summed E-state index contributed by atoms with van der Waals surface area (Å²) in [5.74, 6) is 1.80. The highest BCUT2D eigenvalue weighted by Gasteiger charge is 2.31. The predicted octanol–water partition coefficient (Wildman–Crippen LogP) is 4.79. The Balaban J connectivity index is 1.81. The summed E-state index contributed by atoms with van der Waals surface area (Å²) < 4.78 is 23.7. The van der Waals surface area contributed by atoms with Gasteiger partial charge in [-0.1, -0.05) is 13.8 Å². The summed E-state index contributed by atoms with van der Waals surface area (Å²) >= 11 is 0. The summed E-state index contributed by atoms with van der Waals surface area (Å²) in [7, 11) is -0.561. The van der Waals surface area contributed by atoms with Gasteiger partial charge in [-0.25, -0.2) is 14.8 Å². The zero-order valence-corrected chi connectivity index (χ0v) is 25.7. The summed E-state index contributed by atoms with van der Waals surface area (Å²) in [4.78, 5) is 24.8. The number of nitriles is 1. The molecule has 0 fully saturated rings. The van der Waals surface area contributed by atoms with E-state index < -0.39 is 26.1 Å². The third-order valence-electron chi connectivity index (χ3n) is 6.12. The number of alkyl carbamates (subject to hydrolysis) is 1. The van der Waals surface area contributed by atoms with Crippen LogP contribution >= 0.6 is 0 Å². The number of ether oxygens (including phenoxy) is 3. The summed E-state index contributed by atoms with van der Waals surface area (Å²) in [5, 5.41) is 22.1. The molecule has 0 saturated heterocycles. The van der Waals surface area contributed by atoms with Crippen LogP contribution in [0.2, 0.25) is 18.6 Å². The first-order valence-electron chi connectivity index (χ1n) is 13.2. The van der Waals surface area contributed by atoms with Crippen molar-refractivity contribution in [2.45, 2.75) is 65.0 Å². The summed E-state index contributed by atoms with van der Waals surface area (Å²) in [6.45, 7) is 14.3. The molecule has 0 aromatic carbocycles. The van der Waals surface area contributed by atoms with Crippen molar-refractivity contribution >= 4 is 26.0 Å². The van der Waals surface area contributed by atoms with Crippen LogP contribution in [-0.2, 0) is 9.16 Å². The fourth-order valence-corrected chi connectivity index (χ4v) is 4.73. The molecule has 3 aromatic rings. The molecular weight excluding hydrogens is 544 g/mol. The Morgan fingerprint density at radius 2 is 1.85 bits per heavy atom. The van der Waals surface area contributed by atoms with E-state index in [-0.39, 0.29) is 18.8 Å². The van der Waals surface area contributed by atoms with E-state index >= 15 is 0 Å². The Morgan fingerprint density at radius 3 is 2.46 bits per heavy atom. The van der Waals surface area contributed by atoms with Gasteiger partial charge in [0.25, 0.3) is 0 Å². The number of nitrogens with one attached hydrogen (secondary N) is 3. The van der Waals surface area contributed by atoms with E-state index in [9.17, 15) is 4.79 Å². The van der Waals surface area contributed by atoms with Crippen LogP contribution in [0, 0.1) is 11.3 Å². The number of hydrogen-bond donors (Lipinski definition) is 3. The lowest BCUT2D eigenvalue weighted by Crippen LogP contribution is -2.46. The molecule has 0 spiro atoms. The Morgan fingerprint density at radius 1 is 1.12 bits per heavy atom. The van der Waals surface area contributed by atoms with E-state index in [0.29, 0.717) is 39.9 Å². The van der Waals surface area contributed by atoms with Gasteiger partial charge < -0.3 is 29.3 Å². The van der Waals surface area contributed by atoms with Crippen molar-refractivity contribution in [3.8, 4) is 28.8 Å². The van der Waals surface area contributed by atoms with Crippen LogP contribution in [0.25, 0.3) is 11.3 Å². The number of rotatable bonds is 12. The number of nitrogens with zero attached hydrogens (tertiary/aromatic N) is 5. The number of amides is 1. The molecule has 3 N–H and O–H groups in total. The molecule has 0 saturated carbocycles. The molecule has 13 nitrogen and oxygen atoms in total. The molecule has 3 aromatic heterocycles. The second kappa shape index (κ2) is 13.4. The lowest BCUT2D eigenvalue weighted by atomic mass is 10.1.